The minimum absolute atomic E-state index is 0.137. The number of nitrogens with zero attached hydrogens (tertiary/aromatic N) is 1. The third-order valence-electron chi connectivity index (χ3n) is 3.41. The van der Waals surface area contributed by atoms with Crippen LogP contribution in [0.15, 0.2) is 64.1 Å². The van der Waals surface area contributed by atoms with Crippen molar-refractivity contribution in [1.29, 1.82) is 0 Å². The predicted molar refractivity (Wildman–Crippen MR) is 98.7 cm³/mol. The number of pyridine rings is 1. The first-order valence-corrected chi connectivity index (χ1v) is 9.65. The van der Waals surface area contributed by atoms with Crippen LogP contribution in [0, 0.1) is 0 Å². The van der Waals surface area contributed by atoms with E-state index in [1.165, 1.54) is 6.07 Å². The second kappa shape index (κ2) is 7.09. The van der Waals surface area contributed by atoms with Gasteiger partial charge in [0.25, 0.3) is 15.9 Å². The average Bonchev–Trinajstić information content (AvgIpc) is 2.61. The third kappa shape index (κ3) is 3.82. The molecule has 0 saturated carbocycles. The molecule has 25 heavy (non-hydrogen) atoms. The van der Waals surface area contributed by atoms with Gasteiger partial charge in [0.2, 0.25) is 0 Å². The summed E-state index contributed by atoms with van der Waals surface area (Å²) in [7, 11) is -3.99. The van der Waals surface area contributed by atoms with Crippen molar-refractivity contribution in [3.05, 3.63) is 69.9 Å². The number of aromatic nitrogens is 1. The van der Waals surface area contributed by atoms with E-state index < -0.39 is 15.9 Å². The average molecular weight is 441 g/mol. The molecule has 1 aromatic heterocycles. The molecule has 6 nitrogen and oxygen atoms in total. The lowest BCUT2D eigenvalue weighted by molar-refractivity contribution is 0.0947. The molecule has 0 radical (unpaired) electrons. The molecule has 3 rings (SSSR count). The lowest BCUT2D eigenvalue weighted by Crippen LogP contribution is -2.41. The number of hydrogen-bond acceptors (Lipinski definition) is 4. The highest BCUT2D eigenvalue weighted by Crippen LogP contribution is 2.22. The van der Waals surface area contributed by atoms with Gasteiger partial charge < -0.3 is 0 Å². The van der Waals surface area contributed by atoms with E-state index in [9.17, 15) is 13.2 Å². The van der Waals surface area contributed by atoms with E-state index in [1.807, 2.05) is 18.2 Å². The standard InChI is InChI=1S/C16H11BrClN3O3S/c17-14-8-11(9-19-15(14)18)25(23,24)21-20-16(22)13-7-3-5-10-4-1-2-6-12(10)13/h1-9,21H,(H,20,22). The van der Waals surface area contributed by atoms with E-state index in [0.29, 0.717) is 10.0 Å². The van der Waals surface area contributed by atoms with E-state index in [-0.39, 0.29) is 10.0 Å². The van der Waals surface area contributed by atoms with Gasteiger partial charge in [-0.15, -0.1) is 4.83 Å². The number of amides is 1. The van der Waals surface area contributed by atoms with Crippen LogP contribution in [-0.2, 0) is 10.0 Å². The monoisotopic (exact) mass is 439 g/mol. The Morgan fingerprint density at radius 3 is 2.60 bits per heavy atom. The molecular formula is C16H11BrClN3O3S. The maximum Gasteiger partial charge on any atom is 0.266 e. The quantitative estimate of drug-likeness (QED) is 0.481. The van der Waals surface area contributed by atoms with Crippen molar-refractivity contribution in [2.75, 3.05) is 0 Å². The zero-order chi connectivity index (χ0) is 18.0. The maximum absolute atomic E-state index is 12.4. The van der Waals surface area contributed by atoms with Crippen LogP contribution >= 0.6 is 27.5 Å². The van der Waals surface area contributed by atoms with E-state index in [1.54, 1.807) is 24.3 Å². The van der Waals surface area contributed by atoms with Crippen molar-refractivity contribution < 1.29 is 13.2 Å². The van der Waals surface area contributed by atoms with Crippen molar-refractivity contribution in [1.82, 2.24) is 15.2 Å². The Labute approximate surface area is 157 Å². The van der Waals surface area contributed by atoms with Gasteiger partial charge in [-0.3, -0.25) is 10.2 Å². The van der Waals surface area contributed by atoms with Gasteiger partial charge in [0.05, 0.1) is 4.47 Å². The van der Waals surface area contributed by atoms with Gasteiger partial charge in [-0.2, -0.15) is 0 Å². The largest absolute Gasteiger partial charge is 0.273 e. The number of hydrazine groups is 1. The van der Waals surface area contributed by atoms with Crippen molar-refractivity contribution in [3.63, 3.8) is 0 Å². The number of carbonyl (C=O) groups excluding carboxylic acids is 1. The van der Waals surface area contributed by atoms with Crippen LogP contribution in [0.1, 0.15) is 10.4 Å². The summed E-state index contributed by atoms with van der Waals surface area (Å²) in [5, 5.41) is 1.74. The third-order valence-corrected chi connectivity index (χ3v) is 5.76. The second-order valence-corrected chi connectivity index (χ2v) is 7.92. The molecule has 0 unspecified atom stereocenters. The van der Waals surface area contributed by atoms with Gasteiger partial charge in [0.1, 0.15) is 10.0 Å². The number of halogens is 2. The van der Waals surface area contributed by atoms with Crippen LogP contribution < -0.4 is 10.3 Å². The summed E-state index contributed by atoms with van der Waals surface area (Å²) in [6.45, 7) is 0. The molecule has 128 valence electrons. The number of rotatable bonds is 4. The van der Waals surface area contributed by atoms with Gasteiger partial charge in [0.15, 0.2) is 0 Å². The van der Waals surface area contributed by atoms with E-state index in [0.717, 1.165) is 17.0 Å². The van der Waals surface area contributed by atoms with Crippen LogP contribution in [0.2, 0.25) is 5.15 Å². The van der Waals surface area contributed by atoms with Crippen LogP contribution in [0.5, 0.6) is 0 Å². The lowest BCUT2D eigenvalue weighted by Gasteiger charge is -2.10. The molecule has 0 saturated heterocycles. The van der Waals surface area contributed by atoms with Crippen LogP contribution in [0.25, 0.3) is 10.8 Å². The Morgan fingerprint density at radius 2 is 1.84 bits per heavy atom. The molecule has 0 spiro atoms. The normalized spacial score (nSPS) is 11.4. The Bertz CT molecular complexity index is 1070. The van der Waals surface area contributed by atoms with Gasteiger partial charge >= 0.3 is 0 Å². The summed E-state index contributed by atoms with van der Waals surface area (Å²) >= 11 is 8.86. The molecule has 0 aliphatic carbocycles. The highest BCUT2D eigenvalue weighted by molar-refractivity contribution is 9.10. The molecular weight excluding hydrogens is 430 g/mol. The van der Waals surface area contributed by atoms with Gasteiger partial charge in [-0.25, -0.2) is 13.4 Å². The van der Waals surface area contributed by atoms with E-state index in [2.05, 4.69) is 31.2 Å². The predicted octanol–water partition coefficient (Wildman–Crippen LogP) is 3.27. The fraction of sp³-hybridized carbons (Fsp3) is 0. The first-order valence-electron chi connectivity index (χ1n) is 6.99. The highest BCUT2D eigenvalue weighted by atomic mass is 79.9. The number of carbonyl (C=O) groups is 1. The van der Waals surface area contributed by atoms with E-state index >= 15 is 0 Å². The fourth-order valence-corrected chi connectivity index (χ4v) is 3.63. The molecule has 2 aromatic carbocycles. The van der Waals surface area contributed by atoms with Crippen molar-refractivity contribution in [3.8, 4) is 0 Å². The smallest absolute Gasteiger partial charge is 0.266 e. The molecule has 1 amide bonds. The Kier molecular flexibility index (Phi) is 5.05. The Morgan fingerprint density at radius 1 is 1.12 bits per heavy atom. The minimum Gasteiger partial charge on any atom is -0.273 e. The maximum atomic E-state index is 12.4. The number of hydrogen-bond donors (Lipinski definition) is 2. The fourth-order valence-electron chi connectivity index (χ4n) is 2.21. The first-order chi connectivity index (χ1) is 11.9. The molecule has 9 heteroatoms. The zero-order valence-corrected chi connectivity index (χ0v) is 15.7. The number of fused-ring (bicyclic) bond motifs is 1. The molecule has 0 atom stereocenters. The zero-order valence-electron chi connectivity index (χ0n) is 12.5. The van der Waals surface area contributed by atoms with Crippen LogP contribution in [0.3, 0.4) is 0 Å². The van der Waals surface area contributed by atoms with Gasteiger partial charge in [-0.05, 0) is 38.8 Å². The highest BCUT2D eigenvalue weighted by Gasteiger charge is 2.18. The topological polar surface area (TPSA) is 88.2 Å². The summed E-state index contributed by atoms with van der Waals surface area (Å²) in [5.74, 6) is -0.568. The Hall–Kier alpha value is -2.00. The summed E-state index contributed by atoms with van der Waals surface area (Å²) < 4.78 is 24.9. The summed E-state index contributed by atoms with van der Waals surface area (Å²) in [5.41, 5.74) is 2.57. The van der Waals surface area contributed by atoms with Crippen molar-refractivity contribution in [2.45, 2.75) is 4.90 Å². The van der Waals surface area contributed by atoms with E-state index in [4.69, 9.17) is 11.6 Å². The number of nitrogens with one attached hydrogen (secondary N) is 2. The molecule has 0 aliphatic heterocycles. The molecule has 1 heterocycles. The number of benzene rings is 2. The molecule has 2 N–H and O–H groups in total. The summed E-state index contributed by atoms with van der Waals surface area (Å²) in [4.78, 5) is 18.0. The Balaban J connectivity index is 1.82. The SMILES string of the molecule is O=C(NNS(=O)(=O)c1cnc(Cl)c(Br)c1)c1cccc2ccccc12. The molecule has 3 aromatic rings. The summed E-state index contributed by atoms with van der Waals surface area (Å²) in [6, 6.07) is 13.8. The first kappa shape index (κ1) is 17.8. The van der Waals surface area contributed by atoms with Crippen LogP contribution in [0.4, 0.5) is 0 Å². The van der Waals surface area contributed by atoms with Crippen molar-refractivity contribution in [2.24, 2.45) is 0 Å². The summed E-state index contributed by atoms with van der Waals surface area (Å²) in [6.07, 6.45) is 1.10. The van der Waals surface area contributed by atoms with Crippen molar-refractivity contribution >= 4 is 54.2 Å². The molecule has 0 fully saturated rings. The minimum atomic E-state index is -3.99. The van der Waals surface area contributed by atoms with Gasteiger partial charge in [-0.1, -0.05) is 48.0 Å². The lowest BCUT2D eigenvalue weighted by atomic mass is 10.0. The van der Waals surface area contributed by atoms with Gasteiger partial charge in [0, 0.05) is 11.8 Å². The molecule has 0 bridgehead atoms. The van der Waals surface area contributed by atoms with Crippen LogP contribution in [-0.4, -0.2) is 19.3 Å². The second-order valence-electron chi connectivity index (χ2n) is 5.03. The molecule has 0 aliphatic rings. The number of sulfonamides is 1.